The second-order valence-electron chi connectivity index (χ2n) is 18.2. The first-order valence-electron chi connectivity index (χ1n) is 22.0. The van der Waals surface area contributed by atoms with E-state index in [1.165, 1.54) is 106 Å². The van der Waals surface area contributed by atoms with E-state index in [0.717, 1.165) is 17.1 Å². The largest absolute Gasteiger partial charge is 0.310 e. The normalized spacial score (nSPS) is 15.7. The fourth-order valence-electron chi connectivity index (χ4n) is 11.6. The predicted octanol–water partition coefficient (Wildman–Crippen LogP) is 16.1. The molecule has 9 aromatic carbocycles. The number of rotatable bonds is 5. The van der Waals surface area contributed by atoms with Crippen LogP contribution < -0.4 is 4.90 Å². The fourth-order valence-corrected chi connectivity index (χ4v) is 11.6. The van der Waals surface area contributed by atoms with Crippen molar-refractivity contribution in [1.29, 1.82) is 0 Å². The van der Waals surface area contributed by atoms with Gasteiger partial charge in [0.15, 0.2) is 0 Å². The van der Waals surface area contributed by atoms with Crippen LogP contribution in [0.25, 0.3) is 55.6 Å². The fraction of sp³-hybridized carbons (Fsp3) is 0.115. The maximum absolute atomic E-state index is 2.47. The summed E-state index contributed by atoms with van der Waals surface area (Å²) in [6.45, 7) is 11.6. The molecule has 0 heterocycles. The van der Waals surface area contributed by atoms with Gasteiger partial charge in [-0.3, -0.25) is 0 Å². The highest BCUT2D eigenvalue weighted by atomic mass is 15.1. The molecule has 296 valence electrons. The molecule has 1 atom stereocenters. The Labute approximate surface area is 365 Å². The molecule has 0 aliphatic heterocycles. The summed E-state index contributed by atoms with van der Waals surface area (Å²) in [5, 5.41) is 0. The summed E-state index contributed by atoms with van der Waals surface area (Å²) in [5.74, 6) is 0. The van der Waals surface area contributed by atoms with Crippen LogP contribution in [0.3, 0.4) is 0 Å². The van der Waals surface area contributed by atoms with Crippen molar-refractivity contribution in [3.05, 3.63) is 244 Å². The molecule has 0 saturated heterocycles. The van der Waals surface area contributed by atoms with Gasteiger partial charge >= 0.3 is 0 Å². The Balaban J connectivity index is 1.09. The summed E-state index contributed by atoms with van der Waals surface area (Å²) in [5.41, 5.74) is 28.0. The van der Waals surface area contributed by atoms with Crippen molar-refractivity contribution in [2.45, 2.75) is 45.4 Å². The summed E-state index contributed by atoms with van der Waals surface area (Å²) >= 11 is 0. The molecule has 0 radical (unpaired) electrons. The molecule has 0 aromatic heterocycles. The minimum Gasteiger partial charge on any atom is -0.310 e. The van der Waals surface area contributed by atoms with Crippen LogP contribution >= 0.6 is 0 Å². The Kier molecular flexibility index (Phi) is 7.91. The van der Waals surface area contributed by atoms with Gasteiger partial charge in [-0.1, -0.05) is 177 Å². The average molecular weight is 794 g/mol. The lowest BCUT2D eigenvalue weighted by Crippen LogP contribution is -2.27. The van der Waals surface area contributed by atoms with Crippen molar-refractivity contribution in [3.8, 4) is 55.6 Å². The summed E-state index contributed by atoms with van der Waals surface area (Å²) in [6, 6.07) is 73.2. The smallest absolute Gasteiger partial charge is 0.0731 e. The molecule has 62 heavy (non-hydrogen) atoms. The molecule has 0 saturated carbocycles. The van der Waals surface area contributed by atoms with Crippen molar-refractivity contribution >= 4 is 17.1 Å². The SMILES string of the molecule is Cc1ccc2c(c1)C1(c3ccccc3-c3c(C)cccc31)c1c(-c3cccc(N(c4ccc(-c5ccccc5)cc4)c4ccc5c(c4)C(C)(C)c4ccccc4-5)c3)ccc(C)c1-2. The number of nitrogens with zero attached hydrogens (tertiary/aromatic N) is 1. The van der Waals surface area contributed by atoms with Crippen LogP contribution in [0.5, 0.6) is 0 Å². The maximum atomic E-state index is 2.47. The van der Waals surface area contributed by atoms with Gasteiger partial charge in [0, 0.05) is 22.5 Å². The Morgan fingerprint density at radius 2 is 0.919 bits per heavy atom. The van der Waals surface area contributed by atoms with Crippen molar-refractivity contribution in [2.75, 3.05) is 4.90 Å². The lowest BCUT2D eigenvalue weighted by Gasteiger charge is -2.33. The minimum atomic E-state index is -0.459. The molecule has 0 bridgehead atoms. The van der Waals surface area contributed by atoms with E-state index in [2.05, 4.69) is 234 Å². The van der Waals surface area contributed by atoms with Crippen molar-refractivity contribution in [3.63, 3.8) is 0 Å². The van der Waals surface area contributed by atoms with E-state index in [1.54, 1.807) is 0 Å². The molecule has 0 fully saturated rings. The maximum Gasteiger partial charge on any atom is 0.0731 e. The van der Waals surface area contributed by atoms with Crippen LogP contribution in [0.2, 0.25) is 0 Å². The van der Waals surface area contributed by atoms with Gasteiger partial charge in [0.1, 0.15) is 0 Å². The van der Waals surface area contributed by atoms with Gasteiger partial charge in [0.25, 0.3) is 0 Å². The summed E-state index contributed by atoms with van der Waals surface area (Å²) < 4.78 is 0. The lowest BCUT2D eigenvalue weighted by atomic mass is 9.68. The molecular formula is C61H47N. The van der Waals surface area contributed by atoms with Gasteiger partial charge in [0.2, 0.25) is 0 Å². The molecule has 1 heteroatoms. The molecule has 12 rings (SSSR count). The van der Waals surface area contributed by atoms with Crippen LogP contribution in [0.1, 0.15) is 63.9 Å². The third kappa shape index (κ3) is 5.03. The van der Waals surface area contributed by atoms with E-state index in [-0.39, 0.29) is 5.41 Å². The van der Waals surface area contributed by atoms with E-state index in [0.29, 0.717) is 0 Å². The molecule has 1 spiro atoms. The highest BCUT2D eigenvalue weighted by Crippen LogP contribution is 2.65. The second-order valence-corrected chi connectivity index (χ2v) is 18.2. The van der Waals surface area contributed by atoms with Gasteiger partial charge < -0.3 is 4.90 Å². The van der Waals surface area contributed by atoms with E-state index in [9.17, 15) is 0 Å². The van der Waals surface area contributed by atoms with Crippen molar-refractivity contribution in [2.24, 2.45) is 0 Å². The van der Waals surface area contributed by atoms with Gasteiger partial charge in [0.05, 0.1) is 5.41 Å². The Morgan fingerprint density at radius 3 is 1.74 bits per heavy atom. The molecule has 0 N–H and O–H groups in total. The van der Waals surface area contributed by atoms with Crippen LogP contribution in [0.4, 0.5) is 17.1 Å². The molecule has 3 aliphatic rings. The number of fused-ring (bicyclic) bond motifs is 13. The third-order valence-electron chi connectivity index (χ3n) is 14.4. The highest BCUT2D eigenvalue weighted by molar-refractivity contribution is 6.00. The first kappa shape index (κ1) is 36.6. The molecule has 1 nitrogen and oxygen atoms in total. The van der Waals surface area contributed by atoms with Crippen molar-refractivity contribution < 1.29 is 0 Å². The third-order valence-corrected chi connectivity index (χ3v) is 14.4. The highest BCUT2D eigenvalue weighted by Gasteiger charge is 2.53. The monoisotopic (exact) mass is 793 g/mol. The lowest BCUT2D eigenvalue weighted by molar-refractivity contribution is 0.660. The molecule has 1 unspecified atom stereocenters. The van der Waals surface area contributed by atoms with Crippen LogP contribution in [0.15, 0.2) is 194 Å². The zero-order chi connectivity index (χ0) is 41.9. The van der Waals surface area contributed by atoms with Crippen molar-refractivity contribution in [1.82, 2.24) is 0 Å². The minimum absolute atomic E-state index is 0.122. The number of aryl methyl sites for hydroxylation is 3. The van der Waals surface area contributed by atoms with Crippen LogP contribution in [-0.4, -0.2) is 0 Å². The first-order chi connectivity index (χ1) is 30.2. The Morgan fingerprint density at radius 1 is 0.339 bits per heavy atom. The number of benzene rings is 9. The molecular weight excluding hydrogens is 747 g/mol. The Hall–Kier alpha value is -7.22. The van der Waals surface area contributed by atoms with E-state index >= 15 is 0 Å². The summed E-state index contributed by atoms with van der Waals surface area (Å²) in [4.78, 5) is 2.46. The van der Waals surface area contributed by atoms with Gasteiger partial charge in [-0.05, 0) is 157 Å². The standard InChI is InChI=1S/C61H47N/c1-38-25-32-51-56(35-38)61(53-23-12-10-21-50(53)57-39(2)15-13-24-54(57)61)59-47(33-26-40(3)58(51)59)43-18-14-19-45(36-43)62(44-29-27-42(28-30-44)41-16-7-6-8-17-41)46-31-34-49-48-20-9-11-22-52(48)60(4,5)55(49)37-46/h6-37H,1-5H3. The van der Waals surface area contributed by atoms with Crippen LogP contribution in [0, 0.1) is 20.8 Å². The number of anilines is 3. The zero-order valence-electron chi connectivity index (χ0n) is 35.9. The van der Waals surface area contributed by atoms with E-state index in [1.807, 2.05) is 0 Å². The molecule has 0 amide bonds. The van der Waals surface area contributed by atoms with Gasteiger partial charge in [-0.15, -0.1) is 0 Å². The predicted molar refractivity (Wildman–Crippen MR) is 260 cm³/mol. The number of hydrogen-bond acceptors (Lipinski definition) is 1. The van der Waals surface area contributed by atoms with Gasteiger partial charge in [-0.25, -0.2) is 0 Å². The van der Waals surface area contributed by atoms with E-state index < -0.39 is 5.41 Å². The topological polar surface area (TPSA) is 3.24 Å². The quantitative estimate of drug-likeness (QED) is 0.168. The average Bonchev–Trinajstić information content (AvgIpc) is 3.86. The molecule has 3 aliphatic carbocycles. The summed E-state index contributed by atoms with van der Waals surface area (Å²) in [7, 11) is 0. The zero-order valence-corrected chi connectivity index (χ0v) is 35.9. The molecule has 9 aromatic rings. The summed E-state index contributed by atoms with van der Waals surface area (Å²) in [6.07, 6.45) is 0. The van der Waals surface area contributed by atoms with Crippen LogP contribution in [-0.2, 0) is 10.8 Å². The van der Waals surface area contributed by atoms with Gasteiger partial charge in [-0.2, -0.15) is 0 Å². The van der Waals surface area contributed by atoms with E-state index in [4.69, 9.17) is 0 Å². The second kappa shape index (κ2) is 13.4. The Bertz CT molecular complexity index is 3290. The number of hydrogen-bond donors (Lipinski definition) is 0. The first-order valence-corrected chi connectivity index (χ1v) is 22.0.